The highest BCUT2D eigenvalue weighted by Gasteiger charge is 2.36. The van der Waals surface area contributed by atoms with Crippen molar-refractivity contribution in [2.45, 2.75) is 25.7 Å². The van der Waals surface area contributed by atoms with Gasteiger partial charge in [-0.05, 0) is 48.2 Å². The second kappa shape index (κ2) is 7.31. The number of nitrogens with zero attached hydrogens (tertiary/aromatic N) is 2. The quantitative estimate of drug-likeness (QED) is 0.411. The van der Waals surface area contributed by atoms with E-state index in [4.69, 9.17) is 5.21 Å². The molecule has 126 valence electrons. The normalized spacial score (nSPS) is 13.7. The highest BCUT2D eigenvalue weighted by molar-refractivity contribution is 5.66. The first-order chi connectivity index (χ1) is 12.2. The molecule has 0 aliphatic heterocycles. The second-order valence-electron chi connectivity index (χ2n) is 6.27. The summed E-state index contributed by atoms with van der Waals surface area (Å²) >= 11 is 0. The van der Waals surface area contributed by atoms with E-state index in [-0.39, 0.29) is 0 Å². The van der Waals surface area contributed by atoms with Crippen molar-refractivity contribution in [3.8, 4) is 0 Å². The number of oxime groups is 1. The molecule has 3 heteroatoms. The zero-order valence-electron chi connectivity index (χ0n) is 14.6. The highest BCUT2D eigenvalue weighted by atomic mass is 16.4. The topological polar surface area (TPSA) is 45.5 Å². The summed E-state index contributed by atoms with van der Waals surface area (Å²) in [7, 11) is 0. The van der Waals surface area contributed by atoms with Crippen molar-refractivity contribution in [1.82, 2.24) is 4.98 Å². The van der Waals surface area contributed by atoms with Gasteiger partial charge in [-0.2, -0.15) is 0 Å². The minimum absolute atomic E-state index is 0.438. The van der Waals surface area contributed by atoms with Crippen LogP contribution >= 0.6 is 0 Å². The van der Waals surface area contributed by atoms with Gasteiger partial charge in [-0.25, -0.2) is 0 Å². The van der Waals surface area contributed by atoms with Crippen molar-refractivity contribution < 1.29 is 5.21 Å². The number of rotatable bonds is 5. The molecule has 1 atom stereocenters. The van der Waals surface area contributed by atoms with Gasteiger partial charge in [0.15, 0.2) is 0 Å². The van der Waals surface area contributed by atoms with E-state index in [1.54, 1.807) is 6.21 Å². The molecule has 3 aromatic rings. The van der Waals surface area contributed by atoms with Crippen LogP contribution in [0.3, 0.4) is 0 Å². The van der Waals surface area contributed by atoms with Crippen LogP contribution in [0.4, 0.5) is 0 Å². The lowest BCUT2D eigenvalue weighted by Gasteiger charge is -2.36. The zero-order chi connectivity index (χ0) is 17.7. The first-order valence-electron chi connectivity index (χ1n) is 8.39. The van der Waals surface area contributed by atoms with Crippen LogP contribution in [0.1, 0.15) is 34.4 Å². The summed E-state index contributed by atoms with van der Waals surface area (Å²) in [6.45, 7) is 4.12. The molecule has 0 aliphatic carbocycles. The monoisotopic (exact) mass is 330 g/mol. The maximum Gasteiger partial charge on any atom is 0.0505 e. The molecule has 0 saturated heterocycles. The first kappa shape index (κ1) is 16.9. The van der Waals surface area contributed by atoms with E-state index in [9.17, 15) is 0 Å². The van der Waals surface area contributed by atoms with Crippen LogP contribution in [-0.4, -0.2) is 16.4 Å². The Kier molecular flexibility index (Phi) is 4.94. The van der Waals surface area contributed by atoms with Crippen molar-refractivity contribution in [3.05, 3.63) is 101 Å². The van der Waals surface area contributed by atoms with E-state index in [1.807, 2.05) is 37.4 Å². The Morgan fingerprint density at radius 1 is 0.960 bits per heavy atom. The van der Waals surface area contributed by atoms with Gasteiger partial charge in [-0.15, -0.1) is 5.16 Å². The molecule has 1 aromatic heterocycles. The number of benzene rings is 2. The van der Waals surface area contributed by atoms with E-state index >= 15 is 0 Å². The Morgan fingerprint density at radius 3 is 2.36 bits per heavy atom. The lowest BCUT2D eigenvalue weighted by molar-refractivity contribution is 0.319. The van der Waals surface area contributed by atoms with E-state index in [0.29, 0.717) is 6.42 Å². The van der Waals surface area contributed by atoms with Crippen LogP contribution in [0.5, 0.6) is 0 Å². The summed E-state index contributed by atoms with van der Waals surface area (Å²) in [5, 5.41) is 12.5. The molecular weight excluding hydrogens is 308 g/mol. The molecule has 0 amide bonds. The predicted octanol–water partition coefficient (Wildman–Crippen LogP) is 4.88. The Balaban J connectivity index is 2.38. The summed E-state index contributed by atoms with van der Waals surface area (Å²) in [5.74, 6) is 0. The lowest BCUT2D eigenvalue weighted by Crippen LogP contribution is -2.31. The molecule has 0 unspecified atom stereocenters. The Morgan fingerprint density at radius 2 is 1.68 bits per heavy atom. The summed E-state index contributed by atoms with van der Waals surface area (Å²) in [5.41, 5.74) is 5.23. The molecule has 0 radical (unpaired) electrons. The standard InChI is InChI=1S/C22H22N2O/c1-17-8-6-7-11-21(17)22(13-15-24-25,19-9-4-3-5-10-19)20-12-14-23-18(2)16-20/h3-12,14-16,25H,13H2,1-2H3/b24-15+/t22-/m1/s1. The summed E-state index contributed by atoms with van der Waals surface area (Å²) in [6.07, 6.45) is 3.98. The third-order valence-electron chi connectivity index (χ3n) is 4.74. The molecule has 0 saturated carbocycles. The van der Waals surface area contributed by atoms with Gasteiger partial charge in [0, 0.05) is 24.5 Å². The minimum atomic E-state index is -0.438. The smallest absolute Gasteiger partial charge is 0.0505 e. The summed E-state index contributed by atoms with van der Waals surface area (Å²) in [6, 6.07) is 22.9. The highest BCUT2D eigenvalue weighted by Crippen LogP contribution is 2.43. The van der Waals surface area contributed by atoms with Gasteiger partial charge in [0.2, 0.25) is 0 Å². The van der Waals surface area contributed by atoms with E-state index in [2.05, 4.69) is 59.5 Å². The molecule has 3 nitrogen and oxygen atoms in total. The maximum atomic E-state index is 9.15. The van der Waals surface area contributed by atoms with Gasteiger partial charge in [-0.1, -0.05) is 54.6 Å². The third-order valence-corrected chi connectivity index (χ3v) is 4.74. The Labute approximate surface area is 148 Å². The molecular formula is C22H22N2O. The average molecular weight is 330 g/mol. The van der Waals surface area contributed by atoms with E-state index in [1.165, 1.54) is 11.1 Å². The summed E-state index contributed by atoms with van der Waals surface area (Å²) < 4.78 is 0. The largest absolute Gasteiger partial charge is 0.411 e. The fraction of sp³-hybridized carbons (Fsp3) is 0.182. The van der Waals surface area contributed by atoms with Crippen molar-refractivity contribution >= 4 is 6.21 Å². The number of aromatic nitrogens is 1. The Hall–Kier alpha value is -2.94. The van der Waals surface area contributed by atoms with Crippen molar-refractivity contribution in [2.75, 3.05) is 0 Å². The molecule has 25 heavy (non-hydrogen) atoms. The molecule has 0 aliphatic rings. The van der Waals surface area contributed by atoms with E-state index in [0.717, 1.165) is 16.8 Å². The van der Waals surface area contributed by atoms with Gasteiger partial charge < -0.3 is 5.21 Å². The maximum absolute atomic E-state index is 9.15. The first-order valence-corrected chi connectivity index (χ1v) is 8.39. The van der Waals surface area contributed by atoms with Crippen LogP contribution < -0.4 is 0 Å². The fourth-order valence-corrected chi connectivity index (χ4v) is 3.59. The van der Waals surface area contributed by atoms with Crippen LogP contribution in [0, 0.1) is 13.8 Å². The zero-order valence-corrected chi connectivity index (χ0v) is 14.6. The molecule has 0 fully saturated rings. The Bertz CT molecular complexity index is 874. The molecule has 0 bridgehead atoms. The molecule has 1 heterocycles. The number of pyridine rings is 1. The SMILES string of the molecule is Cc1cc([C@@](C/C=N/O)(c2ccccc2)c2ccccc2C)ccn1. The summed E-state index contributed by atoms with van der Waals surface area (Å²) in [4.78, 5) is 4.36. The van der Waals surface area contributed by atoms with E-state index < -0.39 is 5.41 Å². The molecule has 0 spiro atoms. The van der Waals surface area contributed by atoms with Gasteiger partial charge in [-0.3, -0.25) is 4.98 Å². The minimum Gasteiger partial charge on any atom is -0.411 e. The lowest BCUT2D eigenvalue weighted by atomic mass is 9.66. The van der Waals surface area contributed by atoms with Gasteiger partial charge in [0.05, 0.1) is 5.41 Å². The van der Waals surface area contributed by atoms with Gasteiger partial charge >= 0.3 is 0 Å². The van der Waals surface area contributed by atoms with Crippen LogP contribution in [-0.2, 0) is 5.41 Å². The fourth-order valence-electron chi connectivity index (χ4n) is 3.59. The van der Waals surface area contributed by atoms with Gasteiger partial charge in [0.1, 0.15) is 0 Å². The molecule has 3 rings (SSSR count). The molecule has 1 N–H and O–H groups in total. The number of hydrogen-bond acceptors (Lipinski definition) is 3. The van der Waals surface area contributed by atoms with Crippen molar-refractivity contribution in [2.24, 2.45) is 5.16 Å². The van der Waals surface area contributed by atoms with Crippen molar-refractivity contribution in [1.29, 1.82) is 0 Å². The second-order valence-corrected chi connectivity index (χ2v) is 6.27. The average Bonchev–Trinajstić information content (AvgIpc) is 2.64. The number of hydrogen-bond donors (Lipinski definition) is 1. The molecule has 2 aromatic carbocycles. The van der Waals surface area contributed by atoms with Crippen LogP contribution in [0.15, 0.2) is 78.1 Å². The van der Waals surface area contributed by atoms with Gasteiger partial charge in [0.25, 0.3) is 0 Å². The van der Waals surface area contributed by atoms with Crippen LogP contribution in [0.2, 0.25) is 0 Å². The van der Waals surface area contributed by atoms with Crippen molar-refractivity contribution in [3.63, 3.8) is 0 Å². The third kappa shape index (κ3) is 3.18. The number of aryl methyl sites for hydroxylation is 2. The predicted molar refractivity (Wildman–Crippen MR) is 101 cm³/mol. The van der Waals surface area contributed by atoms with Crippen LogP contribution in [0.25, 0.3) is 0 Å².